The summed E-state index contributed by atoms with van der Waals surface area (Å²) in [7, 11) is 0. The second-order valence-electron chi connectivity index (χ2n) is 7.94. The van der Waals surface area contributed by atoms with Gasteiger partial charge in [-0.15, -0.1) is 0 Å². The average Bonchev–Trinajstić information content (AvgIpc) is 3.26. The van der Waals surface area contributed by atoms with Gasteiger partial charge in [-0.3, -0.25) is 9.48 Å². The summed E-state index contributed by atoms with van der Waals surface area (Å²) >= 11 is 6.02. The number of ether oxygens (including phenoxy) is 1. The fraction of sp³-hybridized carbons (Fsp3) is 0.524. The fourth-order valence-electron chi connectivity index (χ4n) is 4.39. The van der Waals surface area contributed by atoms with E-state index in [-0.39, 0.29) is 12.0 Å². The molecule has 1 aromatic heterocycles. The van der Waals surface area contributed by atoms with Crippen LogP contribution in [0.3, 0.4) is 0 Å². The lowest BCUT2D eigenvalue weighted by atomic mass is 9.78. The first-order valence-electron chi connectivity index (χ1n) is 9.86. The zero-order chi connectivity index (χ0) is 19.7. The second kappa shape index (κ2) is 8.13. The fourth-order valence-corrected chi connectivity index (χ4v) is 4.57. The molecule has 7 heteroatoms. The first-order chi connectivity index (χ1) is 13.5. The molecule has 28 heavy (non-hydrogen) atoms. The zero-order valence-electron chi connectivity index (χ0n) is 16.0. The van der Waals surface area contributed by atoms with Crippen LogP contribution >= 0.6 is 11.6 Å². The van der Waals surface area contributed by atoms with Crippen LogP contribution in [0.2, 0.25) is 5.02 Å². The monoisotopic (exact) mass is 403 g/mol. The van der Waals surface area contributed by atoms with Crippen LogP contribution in [-0.4, -0.2) is 51.0 Å². The van der Waals surface area contributed by atoms with Crippen molar-refractivity contribution in [2.75, 3.05) is 13.1 Å². The van der Waals surface area contributed by atoms with Gasteiger partial charge in [0.15, 0.2) is 0 Å². The number of hydrogen-bond donors (Lipinski definition) is 1. The number of aryl methyl sites for hydroxylation is 2. The lowest BCUT2D eigenvalue weighted by molar-refractivity contribution is -0.130. The highest BCUT2D eigenvalue weighted by molar-refractivity contribution is 6.30. The quantitative estimate of drug-likeness (QED) is 0.833. The Balaban J connectivity index is 1.32. The van der Waals surface area contributed by atoms with Gasteiger partial charge in [-0.05, 0) is 55.9 Å². The van der Waals surface area contributed by atoms with E-state index in [1.165, 1.54) is 0 Å². The third-order valence-electron chi connectivity index (χ3n) is 5.85. The van der Waals surface area contributed by atoms with E-state index in [1.54, 1.807) is 12.1 Å². The molecule has 2 fully saturated rings. The molecule has 1 aromatic carbocycles. The van der Waals surface area contributed by atoms with Gasteiger partial charge < -0.3 is 14.7 Å². The van der Waals surface area contributed by atoms with Crippen molar-refractivity contribution in [3.63, 3.8) is 0 Å². The predicted octanol–water partition coefficient (Wildman–Crippen LogP) is 2.91. The number of fused-ring (bicyclic) bond motifs is 1. The summed E-state index contributed by atoms with van der Waals surface area (Å²) < 4.78 is 7.82. The Bertz CT molecular complexity index is 840. The van der Waals surface area contributed by atoms with Crippen molar-refractivity contribution in [2.45, 2.75) is 44.9 Å². The Morgan fingerprint density at radius 2 is 2.07 bits per heavy atom. The molecule has 4 atom stereocenters. The number of halogens is 1. The van der Waals surface area contributed by atoms with E-state index in [2.05, 4.69) is 5.10 Å². The summed E-state index contributed by atoms with van der Waals surface area (Å²) in [6.07, 6.45) is 2.98. The van der Waals surface area contributed by atoms with Gasteiger partial charge in [0.25, 0.3) is 0 Å². The minimum absolute atomic E-state index is 0.157. The van der Waals surface area contributed by atoms with Crippen molar-refractivity contribution in [1.82, 2.24) is 14.7 Å². The summed E-state index contributed by atoms with van der Waals surface area (Å²) in [5.41, 5.74) is 0.958. The van der Waals surface area contributed by atoms with E-state index < -0.39 is 6.10 Å². The average molecular weight is 404 g/mol. The summed E-state index contributed by atoms with van der Waals surface area (Å²) in [6, 6.07) is 9.20. The number of aliphatic hydroxyl groups is 1. The maximum Gasteiger partial charge on any atom is 0.224 e. The van der Waals surface area contributed by atoms with Crippen molar-refractivity contribution in [3.05, 3.63) is 47.2 Å². The number of benzene rings is 1. The summed E-state index contributed by atoms with van der Waals surface area (Å²) in [6.45, 7) is 4.00. The number of rotatable bonds is 5. The van der Waals surface area contributed by atoms with E-state index in [0.29, 0.717) is 42.0 Å². The number of hydrogen-bond acceptors (Lipinski definition) is 4. The minimum atomic E-state index is -0.526. The van der Waals surface area contributed by atoms with Crippen LogP contribution in [0.4, 0.5) is 0 Å². The molecular formula is C21H26ClN3O3. The molecule has 2 aliphatic rings. The Hall–Kier alpha value is -2.05. The molecule has 150 valence electrons. The highest BCUT2D eigenvalue weighted by Crippen LogP contribution is 2.38. The van der Waals surface area contributed by atoms with Gasteiger partial charge in [0, 0.05) is 37.3 Å². The van der Waals surface area contributed by atoms with Crippen LogP contribution in [0.1, 0.15) is 25.0 Å². The zero-order valence-corrected chi connectivity index (χ0v) is 16.8. The van der Waals surface area contributed by atoms with Gasteiger partial charge in [-0.2, -0.15) is 5.10 Å². The van der Waals surface area contributed by atoms with Gasteiger partial charge in [0.05, 0.1) is 11.8 Å². The maximum absolute atomic E-state index is 12.6. The maximum atomic E-state index is 12.6. The molecule has 0 bridgehead atoms. The molecule has 1 amide bonds. The SMILES string of the molecule is Cc1ccn(CCC(=O)N2C[C@H]3C[C@@H](Oc4cccc(Cl)c4)[C@H](O)C[C@H]3C2)n1. The minimum Gasteiger partial charge on any atom is -0.488 e. The van der Waals surface area contributed by atoms with Crippen molar-refractivity contribution in [2.24, 2.45) is 11.8 Å². The molecule has 0 unspecified atom stereocenters. The van der Waals surface area contributed by atoms with E-state index in [1.807, 2.05) is 40.9 Å². The number of carbonyl (C=O) groups excluding carboxylic acids is 1. The standard InChI is InChI=1S/C21H26ClN3O3/c1-14-5-7-25(23-14)8-6-21(27)24-12-15-9-19(26)20(10-16(15)13-24)28-18-4-2-3-17(22)11-18/h2-5,7,11,15-16,19-20,26H,6,8-10,12-13H2,1H3/t15-,16+,19+,20+/m0/s1. The van der Waals surface area contributed by atoms with Crippen LogP contribution < -0.4 is 4.74 Å². The molecule has 6 nitrogen and oxygen atoms in total. The molecule has 0 radical (unpaired) electrons. The van der Waals surface area contributed by atoms with Crippen LogP contribution in [-0.2, 0) is 11.3 Å². The van der Waals surface area contributed by atoms with Crippen LogP contribution in [0, 0.1) is 18.8 Å². The molecular weight excluding hydrogens is 378 g/mol. The molecule has 1 saturated heterocycles. The van der Waals surface area contributed by atoms with Gasteiger partial charge in [-0.25, -0.2) is 0 Å². The Labute approximate surface area is 170 Å². The lowest BCUT2D eigenvalue weighted by Gasteiger charge is -2.35. The number of nitrogens with zero attached hydrogens (tertiary/aromatic N) is 3. The van der Waals surface area contributed by atoms with Gasteiger partial charge in [0.2, 0.25) is 5.91 Å². The molecule has 4 rings (SSSR count). The summed E-state index contributed by atoms with van der Waals surface area (Å²) in [4.78, 5) is 14.6. The number of aliphatic hydroxyl groups excluding tert-OH is 1. The molecule has 2 heterocycles. The van der Waals surface area contributed by atoms with Crippen LogP contribution in [0.15, 0.2) is 36.5 Å². The van der Waals surface area contributed by atoms with Crippen molar-refractivity contribution in [1.29, 1.82) is 0 Å². The topological polar surface area (TPSA) is 67.6 Å². The first-order valence-corrected chi connectivity index (χ1v) is 10.2. The Kier molecular flexibility index (Phi) is 5.60. The summed E-state index contributed by atoms with van der Waals surface area (Å²) in [5.74, 6) is 1.54. The smallest absolute Gasteiger partial charge is 0.224 e. The molecule has 1 N–H and O–H groups in total. The molecule has 0 spiro atoms. The normalized spacial score (nSPS) is 26.9. The number of carbonyl (C=O) groups is 1. The second-order valence-corrected chi connectivity index (χ2v) is 8.38. The van der Waals surface area contributed by atoms with E-state index in [0.717, 1.165) is 25.2 Å². The van der Waals surface area contributed by atoms with Crippen LogP contribution in [0.5, 0.6) is 5.75 Å². The largest absolute Gasteiger partial charge is 0.488 e. The molecule has 1 aliphatic carbocycles. The number of aromatic nitrogens is 2. The van der Waals surface area contributed by atoms with E-state index >= 15 is 0 Å². The highest BCUT2D eigenvalue weighted by Gasteiger charge is 2.43. The highest BCUT2D eigenvalue weighted by atomic mass is 35.5. The third-order valence-corrected chi connectivity index (χ3v) is 6.09. The van der Waals surface area contributed by atoms with Crippen molar-refractivity contribution < 1.29 is 14.6 Å². The number of amides is 1. The van der Waals surface area contributed by atoms with Crippen molar-refractivity contribution in [3.8, 4) is 5.75 Å². The van der Waals surface area contributed by atoms with Gasteiger partial charge in [-0.1, -0.05) is 17.7 Å². The summed E-state index contributed by atoms with van der Waals surface area (Å²) in [5, 5.41) is 15.5. The van der Waals surface area contributed by atoms with Gasteiger partial charge >= 0.3 is 0 Å². The third kappa shape index (κ3) is 4.33. The molecule has 1 aliphatic heterocycles. The van der Waals surface area contributed by atoms with Gasteiger partial charge in [0.1, 0.15) is 11.9 Å². The predicted molar refractivity (Wildman–Crippen MR) is 106 cm³/mol. The lowest BCUT2D eigenvalue weighted by Crippen LogP contribution is -2.42. The molecule has 2 aromatic rings. The Morgan fingerprint density at radius 1 is 1.29 bits per heavy atom. The Morgan fingerprint density at radius 3 is 2.79 bits per heavy atom. The van der Waals surface area contributed by atoms with Crippen molar-refractivity contribution >= 4 is 17.5 Å². The molecule has 1 saturated carbocycles. The van der Waals surface area contributed by atoms with E-state index in [4.69, 9.17) is 16.3 Å². The number of likely N-dealkylation sites (tertiary alicyclic amines) is 1. The first kappa shape index (κ1) is 19.3. The van der Waals surface area contributed by atoms with Crippen LogP contribution in [0.25, 0.3) is 0 Å². The van der Waals surface area contributed by atoms with E-state index in [9.17, 15) is 9.90 Å².